The van der Waals surface area contributed by atoms with Gasteiger partial charge in [0.05, 0.1) is 12.7 Å². The zero-order valence-electron chi connectivity index (χ0n) is 18.1. The second-order valence-corrected chi connectivity index (χ2v) is 7.16. The van der Waals surface area contributed by atoms with Crippen LogP contribution < -0.4 is 14.8 Å². The summed E-state index contributed by atoms with van der Waals surface area (Å²) in [6.07, 6.45) is 1.69. The van der Waals surface area contributed by atoms with Crippen LogP contribution in [-0.2, 0) is 22.6 Å². The molecular weight excluding hydrogens is 406 g/mol. The number of ether oxygens (including phenoxy) is 3. The van der Waals surface area contributed by atoms with E-state index in [2.05, 4.69) is 17.4 Å². The van der Waals surface area contributed by atoms with Gasteiger partial charge in [0, 0.05) is 6.54 Å². The third kappa shape index (κ3) is 7.16. The molecule has 0 aliphatic heterocycles. The minimum Gasteiger partial charge on any atom is -0.493 e. The van der Waals surface area contributed by atoms with E-state index in [0.29, 0.717) is 24.7 Å². The molecule has 0 aliphatic carbocycles. The number of esters is 1. The second-order valence-electron chi connectivity index (χ2n) is 7.16. The van der Waals surface area contributed by atoms with Crippen LogP contribution in [0, 0.1) is 0 Å². The zero-order valence-corrected chi connectivity index (χ0v) is 18.1. The molecule has 1 amide bonds. The molecule has 0 saturated heterocycles. The highest BCUT2D eigenvalue weighted by molar-refractivity contribution is 5.92. The first kappa shape index (κ1) is 22.9. The minimum atomic E-state index is -0.600. The van der Waals surface area contributed by atoms with Gasteiger partial charge in [0.1, 0.15) is 6.61 Å². The molecule has 1 N–H and O–H groups in total. The maximum atomic E-state index is 12.3. The molecule has 0 heterocycles. The summed E-state index contributed by atoms with van der Waals surface area (Å²) in [6, 6.07) is 24.6. The fourth-order valence-corrected chi connectivity index (χ4v) is 3.08. The highest BCUT2D eigenvalue weighted by Crippen LogP contribution is 2.29. The van der Waals surface area contributed by atoms with Gasteiger partial charge < -0.3 is 19.5 Å². The normalized spacial score (nSPS) is 10.3. The standard InChI is InChI=1S/C26H27NO5/c1-30-24-17-22(14-15-23(24)31-18-21-11-6-3-7-12-21)26(29)32-19-25(28)27-16-8-13-20-9-4-2-5-10-20/h2-7,9-12,14-15,17H,8,13,16,18-19H2,1H3,(H,27,28). The van der Waals surface area contributed by atoms with Crippen LogP contribution in [0.3, 0.4) is 0 Å². The lowest BCUT2D eigenvalue weighted by Gasteiger charge is -2.12. The number of aryl methyl sites for hydroxylation is 1. The predicted molar refractivity (Wildman–Crippen MR) is 122 cm³/mol. The molecule has 0 fully saturated rings. The lowest BCUT2D eigenvalue weighted by Crippen LogP contribution is -2.29. The predicted octanol–water partition coefficient (Wildman–Crippen LogP) is 4.18. The molecule has 6 heteroatoms. The van der Waals surface area contributed by atoms with E-state index in [0.717, 1.165) is 18.4 Å². The lowest BCUT2D eigenvalue weighted by atomic mass is 10.1. The Morgan fingerprint density at radius 2 is 1.53 bits per heavy atom. The van der Waals surface area contributed by atoms with Crippen LogP contribution in [0.4, 0.5) is 0 Å². The number of carbonyl (C=O) groups is 2. The molecule has 0 atom stereocenters. The Kier molecular flexibility index (Phi) is 8.69. The molecule has 3 rings (SSSR count). The summed E-state index contributed by atoms with van der Waals surface area (Å²) in [5, 5.41) is 2.76. The van der Waals surface area contributed by atoms with Gasteiger partial charge in [0.2, 0.25) is 0 Å². The van der Waals surface area contributed by atoms with Gasteiger partial charge in [-0.2, -0.15) is 0 Å². The molecular formula is C26H27NO5. The van der Waals surface area contributed by atoms with Gasteiger partial charge in [0.25, 0.3) is 5.91 Å². The van der Waals surface area contributed by atoms with Crippen LogP contribution in [0.1, 0.15) is 27.9 Å². The summed E-state index contributed by atoms with van der Waals surface area (Å²) in [6.45, 7) is 0.566. The molecule has 0 bridgehead atoms. The molecule has 0 unspecified atom stereocenters. The van der Waals surface area contributed by atoms with E-state index >= 15 is 0 Å². The van der Waals surface area contributed by atoms with Crippen LogP contribution in [0.15, 0.2) is 78.9 Å². The van der Waals surface area contributed by atoms with E-state index in [9.17, 15) is 9.59 Å². The van der Waals surface area contributed by atoms with Crippen molar-refractivity contribution < 1.29 is 23.8 Å². The van der Waals surface area contributed by atoms with E-state index < -0.39 is 5.97 Å². The Balaban J connectivity index is 1.43. The van der Waals surface area contributed by atoms with Gasteiger partial charge >= 0.3 is 5.97 Å². The van der Waals surface area contributed by atoms with Crippen molar-refractivity contribution in [1.29, 1.82) is 0 Å². The van der Waals surface area contributed by atoms with Crippen molar-refractivity contribution in [3.05, 3.63) is 95.6 Å². The van der Waals surface area contributed by atoms with E-state index in [4.69, 9.17) is 14.2 Å². The first-order chi connectivity index (χ1) is 15.7. The third-order valence-corrected chi connectivity index (χ3v) is 4.78. The van der Waals surface area contributed by atoms with Crippen LogP contribution in [-0.4, -0.2) is 32.1 Å². The second kappa shape index (κ2) is 12.2. The number of benzene rings is 3. The van der Waals surface area contributed by atoms with Gasteiger partial charge in [-0.25, -0.2) is 4.79 Å². The summed E-state index contributed by atoms with van der Waals surface area (Å²) in [4.78, 5) is 24.3. The summed E-state index contributed by atoms with van der Waals surface area (Å²) >= 11 is 0. The first-order valence-corrected chi connectivity index (χ1v) is 10.5. The van der Waals surface area contributed by atoms with Crippen molar-refractivity contribution in [2.75, 3.05) is 20.3 Å². The topological polar surface area (TPSA) is 73.9 Å². The van der Waals surface area contributed by atoms with Gasteiger partial charge in [-0.15, -0.1) is 0 Å². The van der Waals surface area contributed by atoms with Crippen molar-refractivity contribution in [3.8, 4) is 11.5 Å². The molecule has 0 saturated carbocycles. The largest absolute Gasteiger partial charge is 0.493 e. The van der Waals surface area contributed by atoms with Gasteiger partial charge in [-0.05, 0) is 42.2 Å². The van der Waals surface area contributed by atoms with Crippen molar-refractivity contribution in [2.24, 2.45) is 0 Å². The van der Waals surface area contributed by atoms with Crippen LogP contribution in [0.25, 0.3) is 0 Å². The molecule has 3 aromatic rings. The summed E-state index contributed by atoms with van der Waals surface area (Å²) in [5.74, 6) is 0.00310. The Morgan fingerprint density at radius 1 is 0.844 bits per heavy atom. The Morgan fingerprint density at radius 3 is 2.22 bits per heavy atom. The first-order valence-electron chi connectivity index (χ1n) is 10.5. The minimum absolute atomic E-state index is 0.283. The highest BCUT2D eigenvalue weighted by Gasteiger charge is 2.14. The van der Waals surface area contributed by atoms with Crippen LogP contribution >= 0.6 is 0 Å². The van der Waals surface area contributed by atoms with Crippen molar-refractivity contribution in [1.82, 2.24) is 5.32 Å². The summed E-state index contributed by atoms with van der Waals surface area (Å²) < 4.78 is 16.3. The van der Waals surface area contributed by atoms with E-state index in [1.165, 1.54) is 12.7 Å². The molecule has 0 spiro atoms. The SMILES string of the molecule is COc1cc(C(=O)OCC(=O)NCCCc2ccccc2)ccc1OCc1ccccc1. The number of hydrogen-bond donors (Lipinski definition) is 1. The van der Waals surface area contributed by atoms with Crippen molar-refractivity contribution >= 4 is 11.9 Å². The highest BCUT2D eigenvalue weighted by atomic mass is 16.5. The average Bonchev–Trinajstić information content (AvgIpc) is 2.85. The number of nitrogens with one attached hydrogen (secondary N) is 1. The summed E-state index contributed by atoms with van der Waals surface area (Å²) in [5.41, 5.74) is 2.52. The monoisotopic (exact) mass is 433 g/mol. The van der Waals surface area contributed by atoms with E-state index in [1.54, 1.807) is 18.2 Å². The molecule has 0 aromatic heterocycles. The maximum absolute atomic E-state index is 12.3. The smallest absolute Gasteiger partial charge is 0.338 e. The van der Waals surface area contributed by atoms with E-state index in [-0.39, 0.29) is 18.1 Å². The number of carbonyl (C=O) groups excluding carboxylic acids is 2. The molecule has 6 nitrogen and oxygen atoms in total. The zero-order chi connectivity index (χ0) is 22.6. The average molecular weight is 434 g/mol. The Bertz CT molecular complexity index is 1010. The Hall–Kier alpha value is -3.80. The number of hydrogen-bond acceptors (Lipinski definition) is 5. The van der Waals surface area contributed by atoms with Gasteiger partial charge in [-0.3, -0.25) is 4.79 Å². The molecule has 166 valence electrons. The van der Waals surface area contributed by atoms with Gasteiger partial charge in [-0.1, -0.05) is 60.7 Å². The number of rotatable bonds is 11. The quantitative estimate of drug-likeness (QED) is 0.363. The van der Waals surface area contributed by atoms with Crippen LogP contribution in [0.5, 0.6) is 11.5 Å². The summed E-state index contributed by atoms with van der Waals surface area (Å²) in [7, 11) is 1.50. The molecule has 3 aromatic carbocycles. The Labute approximate surface area is 188 Å². The molecule has 32 heavy (non-hydrogen) atoms. The lowest BCUT2D eigenvalue weighted by molar-refractivity contribution is -0.124. The molecule has 0 radical (unpaired) electrons. The number of methoxy groups -OCH3 is 1. The van der Waals surface area contributed by atoms with Crippen LogP contribution in [0.2, 0.25) is 0 Å². The van der Waals surface area contributed by atoms with Gasteiger partial charge in [0.15, 0.2) is 18.1 Å². The molecule has 0 aliphatic rings. The third-order valence-electron chi connectivity index (χ3n) is 4.78. The van der Waals surface area contributed by atoms with Crippen molar-refractivity contribution in [2.45, 2.75) is 19.4 Å². The fourth-order valence-electron chi connectivity index (χ4n) is 3.08. The fraction of sp³-hybridized carbons (Fsp3) is 0.231. The van der Waals surface area contributed by atoms with E-state index in [1.807, 2.05) is 48.5 Å². The van der Waals surface area contributed by atoms with Crippen molar-refractivity contribution in [3.63, 3.8) is 0 Å². The maximum Gasteiger partial charge on any atom is 0.338 e. The number of amides is 1.